The highest BCUT2D eigenvalue weighted by atomic mass is 32.2. The number of nitrogens with one attached hydrogen (secondary N) is 1. The monoisotopic (exact) mass is 511 g/mol. The lowest BCUT2D eigenvalue weighted by atomic mass is 9.86. The van der Waals surface area contributed by atoms with Gasteiger partial charge in [0.2, 0.25) is 10.0 Å². The molecule has 0 saturated heterocycles. The molecular formula is C21H19F6NO5S. The minimum atomic E-state index is -5.20. The first-order valence-corrected chi connectivity index (χ1v) is 11.4. The molecule has 186 valence electrons. The molecule has 34 heavy (non-hydrogen) atoms. The molecule has 0 fully saturated rings. The van der Waals surface area contributed by atoms with Crippen LogP contribution in [0.3, 0.4) is 0 Å². The van der Waals surface area contributed by atoms with E-state index < -0.39 is 57.0 Å². The van der Waals surface area contributed by atoms with Gasteiger partial charge in [-0.3, -0.25) is 0 Å². The fourth-order valence-electron chi connectivity index (χ4n) is 3.78. The molecule has 6 nitrogen and oxygen atoms in total. The smallest absolute Gasteiger partial charge is 0.416 e. The molecule has 0 radical (unpaired) electrons. The van der Waals surface area contributed by atoms with Crippen LogP contribution in [0, 0.1) is 6.92 Å². The average molecular weight is 511 g/mol. The second-order valence-electron chi connectivity index (χ2n) is 7.77. The van der Waals surface area contributed by atoms with Gasteiger partial charge in [0.25, 0.3) is 0 Å². The summed E-state index contributed by atoms with van der Waals surface area (Å²) in [6.07, 6.45) is -9.33. The number of aliphatic carboxylic acids is 1. The Bertz CT molecular complexity index is 1180. The zero-order chi connectivity index (χ0) is 25.5. The van der Waals surface area contributed by atoms with Gasteiger partial charge in [0.05, 0.1) is 16.0 Å². The largest absolute Gasteiger partial charge is 0.481 e. The molecule has 1 atom stereocenters. The summed E-state index contributed by atoms with van der Waals surface area (Å²) in [4.78, 5) is 9.71. The van der Waals surface area contributed by atoms with Crippen molar-refractivity contribution in [2.75, 3.05) is 6.61 Å². The number of carbonyl (C=O) groups is 1. The molecule has 0 aromatic heterocycles. The Balaban J connectivity index is 2.02. The van der Waals surface area contributed by atoms with Gasteiger partial charge in [-0.15, -0.1) is 0 Å². The molecule has 1 unspecified atom stereocenters. The van der Waals surface area contributed by atoms with Crippen molar-refractivity contribution in [1.82, 2.24) is 4.72 Å². The van der Waals surface area contributed by atoms with E-state index in [9.17, 15) is 39.6 Å². The third-order valence-electron chi connectivity index (χ3n) is 5.30. The molecule has 2 aromatic carbocycles. The predicted molar refractivity (Wildman–Crippen MR) is 107 cm³/mol. The molecule has 2 aromatic rings. The molecular weight excluding hydrogens is 492 g/mol. The highest BCUT2D eigenvalue weighted by Crippen LogP contribution is 2.40. The summed E-state index contributed by atoms with van der Waals surface area (Å²) in [5, 5.41) is 8.88. The molecule has 0 saturated carbocycles. The van der Waals surface area contributed by atoms with Gasteiger partial charge in [-0.25, -0.2) is 17.9 Å². The van der Waals surface area contributed by atoms with Crippen molar-refractivity contribution in [2.45, 2.75) is 49.5 Å². The molecule has 2 N–H and O–H groups in total. The van der Waals surface area contributed by atoms with Crippen molar-refractivity contribution in [3.63, 3.8) is 0 Å². The third kappa shape index (κ3) is 5.63. The van der Waals surface area contributed by atoms with E-state index in [1.54, 1.807) is 19.1 Å². The fourth-order valence-corrected chi connectivity index (χ4v) is 5.10. The number of ether oxygens (including phenoxy) is 1. The normalized spacial score (nSPS) is 16.7. The summed E-state index contributed by atoms with van der Waals surface area (Å²) in [6, 6.07) is 2.32. The Hall–Kier alpha value is -2.80. The van der Waals surface area contributed by atoms with E-state index in [2.05, 4.69) is 4.72 Å². The number of halogens is 6. The van der Waals surface area contributed by atoms with Crippen molar-refractivity contribution in [3.05, 3.63) is 58.1 Å². The molecule has 0 aliphatic heterocycles. The van der Waals surface area contributed by atoms with Crippen LogP contribution in [0.1, 0.15) is 46.7 Å². The number of aryl methyl sites for hydroxylation is 1. The molecule has 0 spiro atoms. The maximum Gasteiger partial charge on any atom is 0.416 e. The number of benzene rings is 2. The van der Waals surface area contributed by atoms with Crippen molar-refractivity contribution < 1.29 is 49.4 Å². The molecule has 13 heteroatoms. The Kier molecular flexibility index (Phi) is 6.91. The van der Waals surface area contributed by atoms with E-state index in [0.29, 0.717) is 29.5 Å². The summed E-state index contributed by atoms with van der Waals surface area (Å²) >= 11 is 0. The van der Waals surface area contributed by atoms with Crippen LogP contribution in [0.5, 0.6) is 5.75 Å². The number of carboxylic acids is 1. The van der Waals surface area contributed by atoms with Crippen LogP contribution in [0.4, 0.5) is 26.3 Å². The Morgan fingerprint density at radius 2 is 1.68 bits per heavy atom. The lowest BCUT2D eigenvalue weighted by Crippen LogP contribution is -2.32. The number of rotatable bonds is 6. The predicted octanol–water partition coefficient (Wildman–Crippen LogP) is 4.85. The molecule has 0 bridgehead atoms. The minimum absolute atomic E-state index is 0.149. The Labute approximate surface area is 190 Å². The van der Waals surface area contributed by atoms with E-state index in [0.717, 1.165) is 0 Å². The van der Waals surface area contributed by atoms with E-state index in [-0.39, 0.29) is 30.4 Å². The maximum absolute atomic E-state index is 13.2. The third-order valence-corrected chi connectivity index (χ3v) is 6.75. The van der Waals surface area contributed by atoms with Crippen molar-refractivity contribution in [3.8, 4) is 5.75 Å². The second-order valence-corrected chi connectivity index (χ2v) is 9.48. The summed E-state index contributed by atoms with van der Waals surface area (Å²) in [7, 11) is -4.80. The van der Waals surface area contributed by atoms with Crippen molar-refractivity contribution >= 4 is 16.0 Å². The van der Waals surface area contributed by atoms with Gasteiger partial charge < -0.3 is 9.84 Å². The molecule has 1 aliphatic rings. The second kappa shape index (κ2) is 9.10. The Morgan fingerprint density at radius 3 is 2.21 bits per heavy atom. The van der Waals surface area contributed by atoms with Gasteiger partial charge in [0, 0.05) is 6.04 Å². The summed E-state index contributed by atoms with van der Waals surface area (Å²) < 4.78 is 112. The first kappa shape index (κ1) is 25.8. The quantitative estimate of drug-likeness (QED) is 0.541. The first-order valence-electron chi connectivity index (χ1n) is 9.88. The lowest BCUT2D eigenvalue weighted by molar-refractivity contribution is -0.143. The van der Waals surface area contributed by atoms with Gasteiger partial charge in [0.1, 0.15) is 5.75 Å². The minimum Gasteiger partial charge on any atom is -0.481 e. The van der Waals surface area contributed by atoms with Gasteiger partial charge in [-0.1, -0.05) is 12.1 Å². The number of fused-ring (bicyclic) bond motifs is 1. The van der Waals surface area contributed by atoms with E-state index in [1.807, 2.05) is 0 Å². The number of hydrogen-bond donors (Lipinski definition) is 2. The SMILES string of the molecule is Cc1ccc2c(c1OCC(=O)O)CCCC2NS(=O)(=O)c1cc(C(F)(F)F)cc(C(F)(F)F)c1. The van der Waals surface area contributed by atoms with Gasteiger partial charge >= 0.3 is 18.3 Å². The molecule has 0 amide bonds. The average Bonchev–Trinajstić information content (AvgIpc) is 2.71. The van der Waals surface area contributed by atoms with Gasteiger partial charge in [-0.05, 0) is 61.1 Å². The molecule has 1 aliphatic carbocycles. The number of sulfonamides is 1. The molecule has 0 heterocycles. The van der Waals surface area contributed by atoms with E-state index >= 15 is 0 Å². The molecule has 3 rings (SSSR count). The topological polar surface area (TPSA) is 92.7 Å². The van der Waals surface area contributed by atoms with E-state index in [4.69, 9.17) is 9.84 Å². The lowest BCUT2D eigenvalue weighted by Gasteiger charge is -2.28. The van der Waals surface area contributed by atoms with Crippen LogP contribution in [0.2, 0.25) is 0 Å². The first-order chi connectivity index (χ1) is 15.6. The van der Waals surface area contributed by atoms with Crippen molar-refractivity contribution in [1.29, 1.82) is 0 Å². The number of carboxylic acid groups (broad SMARTS) is 1. The van der Waals surface area contributed by atoms with Gasteiger partial charge in [-0.2, -0.15) is 26.3 Å². The zero-order valence-electron chi connectivity index (χ0n) is 17.5. The van der Waals surface area contributed by atoms with Crippen LogP contribution in [-0.4, -0.2) is 26.1 Å². The summed E-state index contributed by atoms with van der Waals surface area (Å²) in [6.45, 7) is 1.02. The van der Waals surface area contributed by atoms with Crippen LogP contribution in [-0.2, 0) is 33.6 Å². The number of hydrogen-bond acceptors (Lipinski definition) is 4. The Morgan fingerprint density at radius 1 is 1.09 bits per heavy atom. The van der Waals surface area contributed by atoms with Crippen LogP contribution < -0.4 is 9.46 Å². The highest BCUT2D eigenvalue weighted by molar-refractivity contribution is 7.89. The van der Waals surface area contributed by atoms with Crippen LogP contribution in [0.25, 0.3) is 0 Å². The van der Waals surface area contributed by atoms with Crippen molar-refractivity contribution in [2.24, 2.45) is 0 Å². The zero-order valence-corrected chi connectivity index (χ0v) is 18.4. The maximum atomic E-state index is 13.2. The fraction of sp³-hybridized carbons (Fsp3) is 0.381. The summed E-state index contributed by atoms with van der Waals surface area (Å²) in [5.41, 5.74) is -1.96. The van der Waals surface area contributed by atoms with Gasteiger partial charge in [0.15, 0.2) is 6.61 Å². The number of alkyl halides is 6. The standard InChI is InChI=1S/C21H19F6NO5S/c1-11-5-6-15-16(19(11)33-10-18(29)30)3-2-4-17(15)28-34(31,32)14-8-12(20(22,23)24)7-13(9-14)21(25,26)27/h5-9,17,28H,2-4,10H2,1H3,(H,29,30). The summed E-state index contributed by atoms with van der Waals surface area (Å²) in [5.74, 6) is -0.975. The highest BCUT2D eigenvalue weighted by Gasteiger charge is 2.39. The van der Waals surface area contributed by atoms with Crippen LogP contribution >= 0.6 is 0 Å². The van der Waals surface area contributed by atoms with E-state index in [1.165, 1.54) is 0 Å². The van der Waals surface area contributed by atoms with Crippen LogP contribution in [0.15, 0.2) is 35.2 Å².